The van der Waals surface area contributed by atoms with E-state index in [-0.39, 0.29) is 0 Å². The average molecular weight is 398 g/mol. The van der Waals surface area contributed by atoms with Crippen LogP contribution in [-0.4, -0.2) is 33.4 Å². The molecule has 1 unspecified atom stereocenters. The molecule has 0 bridgehead atoms. The molecule has 7 nitrogen and oxygen atoms in total. The number of rotatable bonds is 6. The molecule has 1 saturated heterocycles. The van der Waals surface area contributed by atoms with Crippen LogP contribution >= 0.6 is 0 Å². The van der Waals surface area contributed by atoms with Crippen molar-refractivity contribution in [3.63, 3.8) is 0 Å². The van der Waals surface area contributed by atoms with Crippen molar-refractivity contribution < 1.29 is 8.95 Å². The van der Waals surface area contributed by atoms with Crippen molar-refractivity contribution in [2.24, 2.45) is 5.14 Å². The molecule has 1 atom stereocenters. The third-order valence-electron chi connectivity index (χ3n) is 4.84. The lowest BCUT2D eigenvalue weighted by Gasteiger charge is -2.23. The van der Waals surface area contributed by atoms with E-state index in [9.17, 15) is 4.21 Å². The van der Waals surface area contributed by atoms with Gasteiger partial charge in [0.15, 0.2) is 0 Å². The van der Waals surface area contributed by atoms with Gasteiger partial charge in [-0.25, -0.2) is 19.3 Å². The first-order chi connectivity index (χ1) is 13.7. The number of aromatic nitrogens is 2. The highest BCUT2D eigenvalue weighted by molar-refractivity contribution is 7.82. The molecule has 1 aromatic heterocycles. The van der Waals surface area contributed by atoms with Gasteiger partial charge in [0.05, 0.1) is 10.4 Å². The summed E-state index contributed by atoms with van der Waals surface area (Å²) >= 11 is 0. The molecule has 28 heavy (non-hydrogen) atoms. The molecule has 2 aromatic carbocycles. The van der Waals surface area contributed by atoms with E-state index in [4.69, 9.17) is 14.9 Å². The Kier molecular flexibility index (Phi) is 5.92. The Bertz CT molecular complexity index is 974. The third kappa shape index (κ3) is 4.53. The van der Waals surface area contributed by atoms with Crippen LogP contribution < -0.4 is 15.8 Å². The largest absolute Gasteiger partial charge is 0.381 e. The highest BCUT2D eigenvalue weighted by Crippen LogP contribution is 2.21. The van der Waals surface area contributed by atoms with Gasteiger partial charge in [0.2, 0.25) is 5.95 Å². The smallest absolute Gasteiger partial charge is 0.227 e. The summed E-state index contributed by atoms with van der Waals surface area (Å²) in [4.78, 5) is 9.70. The number of anilines is 2. The molecule has 1 fully saturated rings. The van der Waals surface area contributed by atoms with Gasteiger partial charge in [-0.3, -0.25) is 0 Å². The fourth-order valence-corrected chi connectivity index (χ4v) is 3.68. The molecule has 1 aliphatic heterocycles. The molecule has 3 aromatic rings. The van der Waals surface area contributed by atoms with E-state index >= 15 is 0 Å². The molecular weight excluding hydrogens is 374 g/mol. The third-order valence-corrected chi connectivity index (χ3v) is 5.58. The molecule has 0 aliphatic carbocycles. The molecule has 0 radical (unpaired) electrons. The maximum atomic E-state index is 11.3. The molecule has 0 spiro atoms. The zero-order valence-corrected chi connectivity index (χ0v) is 16.2. The van der Waals surface area contributed by atoms with Gasteiger partial charge in [-0.05, 0) is 42.7 Å². The van der Waals surface area contributed by atoms with Crippen LogP contribution in [0, 0.1) is 0 Å². The van der Waals surface area contributed by atoms with Gasteiger partial charge in [-0.2, -0.15) is 0 Å². The predicted molar refractivity (Wildman–Crippen MR) is 111 cm³/mol. The van der Waals surface area contributed by atoms with Crippen LogP contribution in [0.3, 0.4) is 0 Å². The van der Waals surface area contributed by atoms with Gasteiger partial charge >= 0.3 is 0 Å². The van der Waals surface area contributed by atoms with Gasteiger partial charge in [0, 0.05) is 43.1 Å². The zero-order chi connectivity index (χ0) is 19.3. The summed E-state index contributed by atoms with van der Waals surface area (Å²) in [6, 6.07) is 13.7. The number of benzene rings is 2. The number of hydrogen-bond acceptors (Lipinski definition) is 6. The molecule has 2 heterocycles. The highest BCUT2D eigenvalue weighted by Gasteiger charge is 2.14. The van der Waals surface area contributed by atoms with E-state index < -0.39 is 11.0 Å². The Hall–Kier alpha value is -2.39. The first-order valence-electron chi connectivity index (χ1n) is 9.28. The summed E-state index contributed by atoms with van der Waals surface area (Å²) in [5.74, 6) is 0.521. The van der Waals surface area contributed by atoms with E-state index in [2.05, 4.69) is 21.7 Å². The first-order valence-corrected chi connectivity index (χ1v) is 10.5. The lowest BCUT2D eigenvalue weighted by atomic mass is 10.1. The van der Waals surface area contributed by atoms with Crippen LogP contribution in [0.4, 0.5) is 11.6 Å². The van der Waals surface area contributed by atoms with Crippen molar-refractivity contribution in [1.82, 2.24) is 15.3 Å². The van der Waals surface area contributed by atoms with Crippen molar-refractivity contribution in [3.8, 4) is 0 Å². The van der Waals surface area contributed by atoms with Gasteiger partial charge in [0.1, 0.15) is 11.0 Å². The molecule has 8 heteroatoms. The molecule has 146 valence electrons. The Morgan fingerprint density at radius 1 is 1.14 bits per heavy atom. The zero-order valence-electron chi connectivity index (χ0n) is 15.4. The quantitative estimate of drug-likeness (QED) is 0.591. The lowest BCUT2D eigenvalue weighted by Crippen LogP contribution is -2.34. The minimum atomic E-state index is -1.48. The van der Waals surface area contributed by atoms with Gasteiger partial charge in [0.25, 0.3) is 0 Å². The van der Waals surface area contributed by atoms with E-state index in [0.29, 0.717) is 16.9 Å². The van der Waals surface area contributed by atoms with Crippen LogP contribution in [0.2, 0.25) is 0 Å². The fourth-order valence-electron chi connectivity index (χ4n) is 3.28. The Balaban J connectivity index is 1.52. The summed E-state index contributed by atoms with van der Waals surface area (Å²) < 4.78 is 16.7. The maximum Gasteiger partial charge on any atom is 0.227 e. The fraction of sp³-hybridized carbons (Fsp3) is 0.300. The standard InChI is InChI=1S/C20H23N5O2S/c21-28(26)18-6-4-17(5-7-18)24-20-23-13-15-3-1-2-14(19(15)25-20)12-22-16-8-10-27-11-9-16/h1-7,13,16,22H,8-12,21H2,(H,23,24,25). The second kappa shape index (κ2) is 8.74. The van der Waals surface area contributed by atoms with Crippen molar-refractivity contribution >= 4 is 33.5 Å². The minimum Gasteiger partial charge on any atom is -0.381 e. The number of para-hydroxylation sites is 1. The highest BCUT2D eigenvalue weighted by atomic mass is 32.2. The van der Waals surface area contributed by atoms with E-state index in [1.54, 1.807) is 12.1 Å². The van der Waals surface area contributed by atoms with E-state index in [1.807, 2.05) is 30.5 Å². The maximum absolute atomic E-state index is 11.3. The first kappa shape index (κ1) is 18.9. The van der Waals surface area contributed by atoms with E-state index in [0.717, 1.165) is 54.8 Å². The number of nitrogens with one attached hydrogen (secondary N) is 2. The van der Waals surface area contributed by atoms with Crippen LogP contribution in [0.15, 0.2) is 53.6 Å². The summed E-state index contributed by atoms with van der Waals surface area (Å²) in [5.41, 5.74) is 2.88. The molecule has 4 rings (SSSR count). The summed E-state index contributed by atoms with van der Waals surface area (Å²) in [7, 11) is -1.48. The van der Waals surface area contributed by atoms with Crippen LogP contribution in [0.5, 0.6) is 0 Å². The summed E-state index contributed by atoms with van der Waals surface area (Å²) in [5, 5.41) is 13.2. The normalized spacial score (nSPS) is 16.2. The van der Waals surface area contributed by atoms with Crippen LogP contribution in [-0.2, 0) is 22.3 Å². The molecule has 4 N–H and O–H groups in total. The monoisotopic (exact) mass is 397 g/mol. The topological polar surface area (TPSA) is 102 Å². The number of ether oxygens (including phenoxy) is 1. The van der Waals surface area contributed by atoms with Gasteiger partial charge in [-0.1, -0.05) is 18.2 Å². The van der Waals surface area contributed by atoms with Gasteiger partial charge in [-0.15, -0.1) is 0 Å². The Morgan fingerprint density at radius 2 is 1.93 bits per heavy atom. The predicted octanol–water partition coefficient (Wildman–Crippen LogP) is 2.62. The number of nitrogens with zero attached hydrogens (tertiary/aromatic N) is 2. The molecule has 0 saturated carbocycles. The molecule has 0 amide bonds. The minimum absolute atomic E-state index is 0.482. The summed E-state index contributed by atoms with van der Waals surface area (Å²) in [6.07, 6.45) is 3.90. The van der Waals surface area contributed by atoms with Crippen molar-refractivity contribution in [1.29, 1.82) is 0 Å². The van der Waals surface area contributed by atoms with Crippen LogP contribution in [0.1, 0.15) is 18.4 Å². The Labute approximate surface area is 166 Å². The average Bonchev–Trinajstić information content (AvgIpc) is 2.73. The number of fused-ring (bicyclic) bond motifs is 1. The second-order valence-corrected chi connectivity index (χ2v) is 7.83. The van der Waals surface area contributed by atoms with Crippen LogP contribution in [0.25, 0.3) is 10.9 Å². The SMILES string of the molecule is NS(=O)c1ccc(Nc2ncc3cccc(CNC4CCOCC4)c3n2)cc1. The van der Waals surface area contributed by atoms with Crippen molar-refractivity contribution in [2.75, 3.05) is 18.5 Å². The lowest BCUT2D eigenvalue weighted by molar-refractivity contribution is 0.0776. The van der Waals surface area contributed by atoms with Crippen molar-refractivity contribution in [3.05, 3.63) is 54.2 Å². The van der Waals surface area contributed by atoms with Gasteiger partial charge < -0.3 is 15.4 Å². The molecular formula is C20H23N5O2S. The number of nitrogens with two attached hydrogens (primary N) is 1. The Morgan fingerprint density at radius 3 is 2.68 bits per heavy atom. The molecule has 1 aliphatic rings. The summed E-state index contributed by atoms with van der Waals surface area (Å²) in [6.45, 7) is 2.40. The van der Waals surface area contributed by atoms with Crippen molar-refractivity contribution in [2.45, 2.75) is 30.3 Å². The van der Waals surface area contributed by atoms with E-state index in [1.165, 1.54) is 0 Å². The second-order valence-electron chi connectivity index (χ2n) is 6.76. The number of hydrogen-bond donors (Lipinski definition) is 3.